The highest BCUT2D eigenvalue weighted by molar-refractivity contribution is 6.13. The lowest BCUT2D eigenvalue weighted by Gasteiger charge is -2.12. The maximum absolute atomic E-state index is 13.9. The van der Waals surface area contributed by atoms with Crippen LogP contribution in [0.3, 0.4) is 0 Å². The van der Waals surface area contributed by atoms with Crippen molar-refractivity contribution < 1.29 is 26.3 Å². The molecule has 0 bridgehead atoms. The Labute approximate surface area is 186 Å². The van der Waals surface area contributed by atoms with Gasteiger partial charge < -0.3 is 0 Å². The van der Waals surface area contributed by atoms with Crippen LogP contribution in [-0.2, 0) is 0 Å². The van der Waals surface area contributed by atoms with Gasteiger partial charge in [0.1, 0.15) is 47.6 Å². The van der Waals surface area contributed by atoms with E-state index in [-0.39, 0.29) is 0 Å². The molecule has 0 spiro atoms. The third kappa shape index (κ3) is 3.16. The molecule has 0 radical (unpaired) electrons. The van der Waals surface area contributed by atoms with E-state index in [2.05, 4.69) is 0 Å². The minimum Gasteiger partial charge on any atom is -0.192 e. The number of rotatable bonds is 0. The summed E-state index contributed by atoms with van der Waals surface area (Å²) in [5.74, 6) is 0. The predicted molar refractivity (Wildman–Crippen MR) is 99.9 cm³/mol. The molecule has 3 rings (SSSR count). The Morgan fingerprint density at radius 1 is 0.529 bits per heavy atom. The van der Waals surface area contributed by atoms with E-state index in [1.165, 1.54) is 36.4 Å². The van der Waals surface area contributed by atoms with Crippen LogP contribution in [-0.4, -0.2) is 12.4 Å². The molecule has 0 atom stereocenters. The molecule has 0 aliphatic heterocycles. The Bertz CT molecular complexity index is 1420. The van der Waals surface area contributed by atoms with Crippen molar-refractivity contribution in [2.75, 3.05) is 0 Å². The molecule has 0 N–H and O–H groups in total. The molecule has 2 aliphatic carbocycles. The monoisotopic (exact) mass is 464 g/mol. The van der Waals surface area contributed by atoms with Crippen molar-refractivity contribution in [1.29, 1.82) is 31.6 Å². The number of nitrogens with zero attached hydrogens (tertiary/aromatic N) is 6. The Morgan fingerprint density at radius 3 is 1.03 bits per heavy atom. The number of halogens is 6. The molecule has 2 aliphatic rings. The van der Waals surface area contributed by atoms with Crippen LogP contribution in [0.4, 0.5) is 26.3 Å². The Kier molecular flexibility index (Phi) is 5.28. The van der Waals surface area contributed by atoms with Gasteiger partial charge in [-0.25, -0.2) is 0 Å². The van der Waals surface area contributed by atoms with E-state index in [0.717, 1.165) is 0 Å². The van der Waals surface area contributed by atoms with Crippen molar-refractivity contribution in [3.05, 3.63) is 56.7 Å². The molecule has 0 saturated carbocycles. The molecule has 0 aromatic heterocycles. The van der Waals surface area contributed by atoms with Gasteiger partial charge >= 0.3 is 12.4 Å². The van der Waals surface area contributed by atoms with E-state index in [1.54, 1.807) is 0 Å². The number of fused-ring (bicyclic) bond motifs is 2. The van der Waals surface area contributed by atoms with Crippen LogP contribution in [0.2, 0.25) is 0 Å². The summed E-state index contributed by atoms with van der Waals surface area (Å²) in [7, 11) is 0. The average Bonchev–Trinajstić information content (AvgIpc) is 3.27. The fourth-order valence-electron chi connectivity index (χ4n) is 3.81. The van der Waals surface area contributed by atoms with Gasteiger partial charge in [0, 0.05) is 22.3 Å². The van der Waals surface area contributed by atoms with Crippen LogP contribution in [0.25, 0.3) is 22.3 Å². The van der Waals surface area contributed by atoms with Gasteiger partial charge in [-0.2, -0.15) is 57.9 Å². The van der Waals surface area contributed by atoms with Crippen LogP contribution in [0.1, 0.15) is 22.3 Å². The molecule has 0 amide bonds. The van der Waals surface area contributed by atoms with E-state index in [9.17, 15) is 57.9 Å². The maximum atomic E-state index is 13.9. The molecule has 6 nitrogen and oxygen atoms in total. The van der Waals surface area contributed by atoms with Crippen LogP contribution in [0, 0.1) is 68.0 Å². The van der Waals surface area contributed by atoms with Gasteiger partial charge in [0.2, 0.25) is 0 Å². The summed E-state index contributed by atoms with van der Waals surface area (Å²) in [6, 6.07) is 9.13. The highest BCUT2D eigenvalue weighted by Crippen LogP contribution is 2.55. The highest BCUT2D eigenvalue weighted by atomic mass is 19.4. The Hall–Kier alpha value is -5.30. The largest absolute Gasteiger partial charge is 0.418 e. The first-order valence-corrected chi connectivity index (χ1v) is 8.63. The topological polar surface area (TPSA) is 143 Å². The quantitative estimate of drug-likeness (QED) is 0.391. The fraction of sp³-hybridized carbons (Fsp3) is 0.0909. The number of benzene rings is 1. The second kappa shape index (κ2) is 7.68. The van der Waals surface area contributed by atoms with Crippen LogP contribution >= 0.6 is 0 Å². The number of allylic oxidation sites excluding steroid dienone is 8. The molecule has 0 saturated heterocycles. The van der Waals surface area contributed by atoms with Gasteiger partial charge in [-0.05, 0) is 23.3 Å². The first kappa shape index (κ1) is 23.4. The zero-order valence-electron chi connectivity index (χ0n) is 16.1. The van der Waals surface area contributed by atoms with Crippen LogP contribution in [0.5, 0.6) is 0 Å². The number of hydrogen-bond acceptors (Lipinski definition) is 6. The molecule has 1 aromatic carbocycles. The summed E-state index contributed by atoms with van der Waals surface area (Å²) in [6.45, 7) is 0. The van der Waals surface area contributed by atoms with E-state index >= 15 is 0 Å². The first-order chi connectivity index (χ1) is 15.9. The van der Waals surface area contributed by atoms with Gasteiger partial charge in [-0.15, -0.1) is 0 Å². The summed E-state index contributed by atoms with van der Waals surface area (Å²) in [5, 5.41) is 55.6. The lowest BCUT2D eigenvalue weighted by atomic mass is 9.91. The van der Waals surface area contributed by atoms with Crippen LogP contribution < -0.4 is 0 Å². The Morgan fingerprint density at radius 2 is 0.824 bits per heavy atom. The molecular formula is C22H2F6N6. The number of hydrogen-bond donors (Lipinski definition) is 0. The number of alkyl halides is 6. The normalized spacial score (nSPS) is 14.2. The predicted octanol–water partition coefficient (Wildman–Crippen LogP) is 4.99. The third-order valence-corrected chi connectivity index (χ3v) is 4.97. The summed E-state index contributed by atoms with van der Waals surface area (Å²) in [5.41, 5.74) is -11.8. The van der Waals surface area contributed by atoms with Crippen molar-refractivity contribution in [3.63, 3.8) is 0 Å². The minimum atomic E-state index is -5.24. The number of nitriles is 6. The van der Waals surface area contributed by atoms with Crippen molar-refractivity contribution in [1.82, 2.24) is 0 Å². The van der Waals surface area contributed by atoms with Crippen molar-refractivity contribution >= 4 is 22.3 Å². The highest BCUT2D eigenvalue weighted by Gasteiger charge is 2.49. The van der Waals surface area contributed by atoms with Crippen molar-refractivity contribution in [2.45, 2.75) is 12.4 Å². The zero-order valence-corrected chi connectivity index (χ0v) is 16.1. The van der Waals surface area contributed by atoms with Gasteiger partial charge in [-0.1, -0.05) is 0 Å². The molecule has 12 heteroatoms. The van der Waals surface area contributed by atoms with Crippen LogP contribution in [0.15, 0.2) is 34.4 Å². The third-order valence-electron chi connectivity index (χ3n) is 4.97. The SMILES string of the molecule is N#CC(C#N)=C1C(C(F)(F)F)=C(C#N)c2cc3c(cc21)C(C#N)=C(C(F)(F)F)C3=C(C#N)C#N. The molecule has 0 fully saturated rings. The smallest absolute Gasteiger partial charge is 0.192 e. The second-order valence-corrected chi connectivity index (χ2v) is 6.61. The lowest BCUT2D eigenvalue weighted by Crippen LogP contribution is -2.13. The molecule has 1 aromatic rings. The van der Waals surface area contributed by atoms with Gasteiger partial charge in [0.05, 0.1) is 22.3 Å². The zero-order chi connectivity index (χ0) is 25.6. The Balaban J connectivity index is 2.63. The minimum absolute atomic E-state index is 0.563. The van der Waals surface area contributed by atoms with Gasteiger partial charge in [0.25, 0.3) is 0 Å². The molecule has 0 unspecified atom stereocenters. The average molecular weight is 464 g/mol. The fourth-order valence-corrected chi connectivity index (χ4v) is 3.81. The second-order valence-electron chi connectivity index (χ2n) is 6.61. The standard InChI is InChI=1S/C22H2F6N6/c23-21(24,25)19-15(7-33)11-1-13-12(2-14(11)18(19)10(5-31)6-32)16(8-34)20(22(26,27)28)17(13)9(3-29)4-30/h1-2H. The maximum Gasteiger partial charge on any atom is 0.418 e. The van der Waals surface area contributed by atoms with E-state index in [4.69, 9.17) is 0 Å². The molecule has 34 heavy (non-hydrogen) atoms. The van der Waals surface area contributed by atoms with Gasteiger partial charge in [-0.3, -0.25) is 0 Å². The van der Waals surface area contributed by atoms with Crippen molar-refractivity contribution in [2.24, 2.45) is 0 Å². The van der Waals surface area contributed by atoms with E-state index < -0.39 is 79.2 Å². The molecule has 162 valence electrons. The molecular weight excluding hydrogens is 462 g/mol. The first-order valence-electron chi connectivity index (χ1n) is 8.63. The summed E-state index contributed by atoms with van der Waals surface area (Å²) in [6.07, 6.45) is -10.5. The van der Waals surface area contributed by atoms with Crippen molar-refractivity contribution in [3.8, 4) is 36.4 Å². The van der Waals surface area contributed by atoms with Gasteiger partial charge in [0.15, 0.2) is 0 Å². The van der Waals surface area contributed by atoms with E-state index in [0.29, 0.717) is 12.1 Å². The lowest BCUT2D eigenvalue weighted by molar-refractivity contribution is -0.0871. The summed E-state index contributed by atoms with van der Waals surface area (Å²) >= 11 is 0. The summed E-state index contributed by atoms with van der Waals surface area (Å²) < 4.78 is 83.1. The summed E-state index contributed by atoms with van der Waals surface area (Å²) in [4.78, 5) is 0. The van der Waals surface area contributed by atoms with E-state index in [1.807, 2.05) is 0 Å². The molecule has 0 heterocycles.